The highest BCUT2D eigenvalue weighted by Crippen LogP contribution is 2.26. The molecule has 0 spiro atoms. The second-order valence-corrected chi connectivity index (χ2v) is 4.64. The average molecular weight is 271 g/mol. The number of methoxy groups -OCH3 is 1. The number of hydrogen-bond donors (Lipinski definition) is 1. The van der Waals surface area contributed by atoms with Crippen LogP contribution < -0.4 is 14.8 Å². The second-order valence-electron chi connectivity index (χ2n) is 4.64. The highest BCUT2D eigenvalue weighted by atomic mass is 16.5. The predicted octanol–water partition coefficient (Wildman–Crippen LogP) is 4.01. The minimum atomic E-state index is 0.664. The highest BCUT2D eigenvalue weighted by molar-refractivity contribution is 5.58. The summed E-state index contributed by atoms with van der Waals surface area (Å²) in [6.45, 7) is 5.46. The summed E-state index contributed by atoms with van der Waals surface area (Å²) in [7, 11) is 1.68. The van der Waals surface area contributed by atoms with Gasteiger partial charge < -0.3 is 14.8 Å². The third kappa shape index (κ3) is 3.67. The Bertz CT molecular complexity index is 567. The van der Waals surface area contributed by atoms with Crippen molar-refractivity contribution in [3.63, 3.8) is 0 Å². The molecular weight excluding hydrogens is 250 g/mol. The molecule has 0 heterocycles. The molecule has 2 aromatic carbocycles. The number of ether oxygens (including phenoxy) is 2. The number of aryl methyl sites for hydroxylation is 1. The van der Waals surface area contributed by atoms with Crippen molar-refractivity contribution in [2.45, 2.75) is 20.4 Å². The molecule has 2 aromatic rings. The fourth-order valence-electron chi connectivity index (χ4n) is 2.03. The summed E-state index contributed by atoms with van der Waals surface area (Å²) >= 11 is 0. The maximum atomic E-state index is 5.66. The molecule has 0 saturated carbocycles. The van der Waals surface area contributed by atoms with E-state index in [1.807, 2.05) is 25.1 Å². The topological polar surface area (TPSA) is 30.5 Å². The molecule has 0 aliphatic carbocycles. The van der Waals surface area contributed by atoms with Gasteiger partial charge in [0.25, 0.3) is 0 Å². The molecule has 106 valence electrons. The summed E-state index contributed by atoms with van der Waals surface area (Å²) in [5, 5.41) is 3.41. The molecule has 0 saturated heterocycles. The van der Waals surface area contributed by atoms with Crippen molar-refractivity contribution in [2.24, 2.45) is 0 Å². The van der Waals surface area contributed by atoms with E-state index in [1.165, 1.54) is 11.1 Å². The van der Waals surface area contributed by atoms with Gasteiger partial charge in [-0.3, -0.25) is 0 Å². The van der Waals surface area contributed by atoms with Crippen LogP contribution in [-0.4, -0.2) is 13.7 Å². The van der Waals surface area contributed by atoms with Crippen LogP contribution in [0.2, 0.25) is 0 Å². The van der Waals surface area contributed by atoms with Crippen molar-refractivity contribution in [3.8, 4) is 11.5 Å². The predicted molar refractivity (Wildman–Crippen MR) is 82.7 cm³/mol. The molecule has 2 rings (SSSR count). The van der Waals surface area contributed by atoms with Crippen molar-refractivity contribution < 1.29 is 9.47 Å². The Hall–Kier alpha value is -2.16. The van der Waals surface area contributed by atoms with Crippen molar-refractivity contribution in [1.29, 1.82) is 0 Å². The maximum absolute atomic E-state index is 5.66. The number of nitrogens with one attached hydrogen (secondary N) is 1. The van der Waals surface area contributed by atoms with Gasteiger partial charge in [-0.2, -0.15) is 0 Å². The van der Waals surface area contributed by atoms with Crippen molar-refractivity contribution >= 4 is 5.69 Å². The van der Waals surface area contributed by atoms with Crippen LogP contribution in [0.25, 0.3) is 0 Å². The van der Waals surface area contributed by atoms with Gasteiger partial charge in [0.05, 0.1) is 19.4 Å². The fourth-order valence-corrected chi connectivity index (χ4v) is 2.03. The molecule has 3 nitrogen and oxygen atoms in total. The van der Waals surface area contributed by atoms with E-state index in [1.54, 1.807) is 7.11 Å². The molecule has 0 radical (unpaired) electrons. The molecule has 0 aromatic heterocycles. The van der Waals surface area contributed by atoms with E-state index < -0.39 is 0 Å². The van der Waals surface area contributed by atoms with Gasteiger partial charge in [-0.15, -0.1) is 0 Å². The molecule has 0 amide bonds. The number of benzene rings is 2. The number of hydrogen-bond acceptors (Lipinski definition) is 3. The first-order chi connectivity index (χ1) is 9.72. The molecule has 1 N–H and O–H groups in total. The van der Waals surface area contributed by atoms with Gasteiger partial charge >= 0.3 is 0 Å². The Balaban J connectivity index is 2.09. The lowest BCUT2D eigenvalue weighted by molar-refractivity contribution is 0.341. The summed E-state index contributed by atoms with van der Waals surface area (Å²) < 4.78 is 10.9. The fraction of sp³-hybridized carbons (Fsp3) is 0.294. The third-order valence-corrected chi connectivity index (χ3v) is 3.05. The minimum Gasteiger partial charge on any atom is -0.497 e. The Kier molecular flexibility index (Phi) is 4.88. The second kappa shape index (κ2) is 6.85. The van der Waals surface area contributed by atoms with Gasteiger partial charge in [0.15, 0.2) is 0 Å². The zero-order chi connectivity index (χ0) is 14.4. The third-order valence-electron chi connectivity index (χ3n) is 3.05. The smallest absolute Gasteiger partial charge is 0.142 e. The van der Waals surface area contributed by atoms with Crippen molar-refractivity contribution in [2.75, 3.05) is 19.0 Å². The van der Waals surface area contributed by atoms with Crippen molar-refractivity contribution in [3.05, 3.63) is 53.6 Å². The normalized spacial score (nSPS) is 10.2. The Morgan fingerprint density at radius 3 is 2.70 bits per heavy atom. The lowest BCUT2D eigenvalue weighted by Crippen LogP contribution is -2.03. The van der Waals surface area contributed by atoms with Crippen LogP contribution in [0, 0.1) is 6.92 Å². The molecule has 0 bridgehead atoms. The average Bonchev–Trinajstić information content (AvgIpc) is 2.47. The zero-order valence-electron chi connectivity index (χ0n) is 12.3. The number of anilines is 1. The quantitative estimate of drug-likeness (QED) is 0.861. The van der Waals surface area contributed by atoms with Crippen LogP contribution in [0.5, 0.6) is 11.5 Å². The molecule has 0 aliphatic rings. The van der Waals surface area contributed by atoms with E-state index in [9.17, 15) is 0 Å². The summed E-state index contributed by atoms with van der Waals surface area (Å²) in [6, 6.07) is 14.2. The van der Waals surface area contributed by atoms with Crippen LogP contribution >= 0.6 is 0 Å². The first kappa shape index (κ1) is 14.3. The van der Waals surface area contributed by atoms with Crippen LogP contribution in [0.1, 0.15) is 18.1 Å². The van der Waals surface area contributed by atoms with E-state index in [0.717, 1.165) is 23.7 Å². The highest BCUT2D eigenvalue weighted by Gasteiger charge is 2.04. The lowest BCUT2D eigenvalue weighted by Gasteiger charge is -2.13. The van der Waals surface area contributed by atoms with E-state index >= 15 is 0 Å². The SMILES string of the molecule is CCOc1cc(C)ccc1NCc1cccc(OC)c1. The van der Waals surface area contributed by atoms with Gasteiger partial charge in [0, 0.05) is 6.54 Å². The van der Waals surface area contributed by atoms with Gasteiger partial charge in [0.2, 0.25) is 0 Å². The summed E-state index contributed by atoms with van der Waals surface area (Å²) in [5.41, 5.74) is 3.38. The largest absolute Gasteiger partial charge is 0.497 e. The maximum Gasteiger partial charge on any atom is 0.142 e. The van der Waals surface area contributed by atoms with E-state index in [-0.39, 0.29) is 0 Å². The minimum absolute atomic E-state index is 0.664. The monoisotopic (exact) mass is 271 g/mol. The summed E-state index contributed by atoms with van der Waals surface area (Å²) in [4.78, 5) is 0. The Morgan fingerprint density at radius 1 is 1.10 bits per heavy atom. The van der Waals surface area contributed by atoms with Gasteiger partial charge in [-0.1, -0.05) is 18.2 Å². The molecule has 0 aliphatic heterocycles. The Labute approximate surface area is 120 Å². The van der Waals surface area contributed by atoms with Gasteiger partial charge in [0.1, 0.15) is 11.5 Å². The Morgan fingerprint density at radius 2 is 1.95 bits per heavy atom. The molecular formula is C17H21NO2. The van der Waals surface area contributed by atoms with Gasteiger partial charge in [-0.05, 0) is 49.2 Å². The van der Waals surface area contributed by atoms with Crippen LogP contribution in [-0.2, 0) is 6.54 Å². The first-order valence-electron chi connectivity index (χ1n) is 6.83. The molecule has 0 atom stereocenters. The van der Waals surface area contributed by atoms with E-state index in [0.29, 0.717) is 6.61 Å². The van der Waals surface area contributed by atoms with Crippen LogP contribution in [0.15, 0.2) is 42.5 Å². The van der Waals surface area contributed by atoms with Crippen LogP contribution in [0.4, 0.5) is 5.69 Å². The molecule has 3 heteroatoms. The van der Waals surface area contributed by atoms with E-state index in [2.05, 4.69) is 36.5 Å². The molecule has 0 unspecified atom stereocenters. The van der Waals surface area contributed by atoms with E-state index in [4.69, 9.17) is 9.47 Å². The van der Waals surface area contributed by atoms with Crippen molar-refractivity contribution in [1.82, 2.24) is 0 Å². The lowest BCUT2D eigenvalue weighted by atomic mass is 10.2. The standard InChI is InChI=1S/C17H21NO2/c1-4-20-17-10-13(2)8-9-16(17)18-12-14-6-5-7-15(11-14)19-3/h5-11,18H,4,12H2,1-3H3. The van der Waals surface area contributed by atoms with Gasteiger partial charge in [-0.25, -0.2) is 0 Å². The molecule has 0 fully saturated rings. The van der Waals surface area contributed by atoms with Crippen LogP contribution in [0.3, 0.4) is 0 Å². The number of rotatable bonds is 6. The molecule has 20 heavy (non-hydrogen) atoms. The summed E-state index contributed by atoms with van der Waals surface area (Å²) in [5.74, 6) is 1.77. The summed E-state index contributed by atoms with van der Waals surface area (Å²) in [6.07, 6.45) is 0. The first-order valence-corrected chi connectivity index (χ1v) is 6.83. The zero-order valence-corrected chi connectivity index (χ0v) is 12.3.